The normalized spacial score (nSPS) is 11.5. The molecule has 0 unspecified atom stereocenters. The number of nitrogens with one attached hydrogen (secondary N) is 1. The van der Waals surface area contributed by atoms with Crippen LogP contribution < -0.4 is 5.32 Å². The van der Waals surface area contributed by atoms with Crippen LogP contribution in [0.25, 0.3) is 0 Å². The van der Waals surface area contributed by atoms with Gasteiger partial charge < -0.3 is 9.88 Å². The van der Waals surface area contributed by atoms with E-state index in [1.165, 1.54) is 5.56 Å². The van der Waals surface area contributed by atoms with Crippen molar-refractivity contribution in [3.8, 4) is 0 Å². The van der Waals surface area contributed by atoms with Gasteiger partial charge in [-0.3, -0.25) is 4.79 Å². The van der Waals surface area contributed by atoms with E-state index in [1.54, 1.807) is 0 Å². The van der Waals surface area contributed by atoms with Gasteiger partial charge in [0.15, 0.2) is 0 Å². The topological polar surface area (TPSA) is 46.9 Å². The molecule has 4 nitrogen and oxygen atoms in total. The van der Waals surface area contributed by atoms with Crippen LogP contribution >= 0.6 is 0 Å². The Balaban J connectivity index is 1.94. The van der Waals surface area contributed by atoms with E-state index in [9.17, 15) is 4.79 Å². The number of hydrogen-bond donors (Lipinski definition) is 1. The van der Waals surface area contributed by atoms with E-state index >= 15 is 0 Å². The molecule has 1 N–H and O–H groups in total. The number of benzene rings is 1. The van der Waals surface area contributed by atoms with Crippen LogP contribution in [0.3, 0.4) is 0 Å². The number of nitrogens with zero attached hydrogens (tertiary/aromatic N) is 2. The number of aromatic nitrogens is 2. The molecular formula is C18H25N3O. The SMILES string of the molecule is Cc1nccn1Cc1cccc(CNC(=O)CC(C)(C)C)c1. The average Bonchev–Trinajstić information content (AvgIpc) is 2.81. The lowest BCUT2D eigenvalue weighted by molar-refractivity contribution is -0.122. The predicted octanol–water partition coefficient (Wildman–Crippen LogP) is 3.29. The van der Waals surface area contributed by atoms with Gasteiger partial charge in [-0.2, -0.15) is 0 Å². The standard InChI is InChI=1S/C18H25N3O/c1-14-19-8-9-21(14)13-16-7-5-6-15(10-16)12-20-17(22)11-18(2,3)4/h5-10H,11-13H2,1-4H3,(H,20,22). The van der Waals surface area contributed by atoms with Crippen LogP contribution in [0.15, 0.2) is 36.7 Å². The van der Waals surface area contributed by atoms with Crippen molar-refractivity contribution in [3.05, 3.63) is 53.6 Å². The summed E-state index contributed by atoms with van der Waals surface area (Å²) < 4.78 is 2.11. The number of aryl methyl sites for hydroxylation is 1. The molecule has 2 aromatic rings. The Kier molecular flexibility index (Phi) is 5.01. The summed E-state index contributed by atoms with van der Waals surface area (Å²) in [6.07, 6.45) is 4.33. The minimum absolute atomic E-state index is 0.0187. The lowest BCUT2D eigenvalue weighted by Gasteiger charge is -2.17. The summed E-state index contributed by atoms with van der Waals surface area (Å²) in [6.45, 7) is 9.58. The van der Waals surface area contributed by atoms with Crippen LogP contribution in [0.4, 0.5) is 0 Å². The van der Waals surface area contributed by atoms with Gasteiger partial charge in [0.2, 0.25) is 5.91 Å². The molecule has 0 spiro atoms. The van der Waals surface area contributed by atoms with Crippen molar-refractivity contribution in [1.82, 2.24) is 14.9 Å². The molecule has 4 heteroatoms. The van der Waals surface area contributed by atoms with E-state index in [-0.39, 0.29) is 11.3 Å². The highest BCUT2D eigenvalue weighted by Crippen LogP contribution is 2.18. The summed E-state index contributed by atoms with van der Waals surface area (Å²) in [5.74, 6) is 1.10. The first-order chi connectivity index (χ1) is 10.3. The van der Waals surface area contributed by atoms with Gasteiger partial charge in [-0.05, 0) is 23.5 Å². The lowest BCUT2D eigenvalue weighted by Crippen LogP contribution is -2.27. The molecule has 0 bridgehead atoms. The highest BCUT2D eigenvalue weighted by Gasteiger charge is 2.15. The van der Waals surface area contributed by atoms with E-state index in [1.807, 2.05) is 31.5 Å². The largest absolute Gasteiger partial charge is 0.352 e. The number of carbonyl (C=O) groups excluding carboxylic acids is 1. The quantitative estimate of drug-likeness (QED) is 0.921. The number of hydrogen-bond acceptors (Lipinski definition) is 2. The third-order valence-corrected chi connectivity index (χ3v) is 3.45. The second-order valence-corrected chi connectivity index (χ2v) is 6.94. The zero-order valence-corrected chi connectivity index (χ0v) is 13.9. The van der Waals surface area contributed by atoms with Crippen LogP contribution in [0.5, 0.6) is 0 Å². The number of rotatable bonds is 5. The first-order valence-electron chi connectivity index (χ1n) is 7.66. The van der Waals surface area contributed by atoms with E-state index in [2.05, 4.69) is 47.8 Å². The maximum absolute atomic E-state index is 11.9. The van der Waals surface area contributed by atoms with E-state index in [4.69, 9.17) is 0 Å². The fourth-order valence-corrected chi connectivity index (χ4v) is 2.35. The summed E-state index contributed by atoms with van der Waals surface area (Å²) in [5, 5.41) is 2.99. The van der Waals surface area contributed by atoms with Gasteiger partial charge in [0.05, 0.1) is 0 Å². The fourth-order valence-electron chi connectivity index (χ4n) is 2.35. The van der Waals surface area contributed by atoms with Gasteiger partial charge in [-0.1, -0.05) is 45.0 Å². The van der Waals surface area contributed by atoms with Crippen molar-refractivity contribution in [1.29, 1.82) is 0 Å². The van der Waals surface area contributed by atoms with Gasteiger partial charge >= 0.3 is 0 Å². The molecule has 1 aromatic carbocycles. The number of imidazole rings is 1. The molecule has 22 heavy (non-hydrogen) atoms. The maximum Gasteiger partial charge on any atom is 0.220 e. The molecule has 0 atom stereocenters. The van der Waals surface area contributed by atoms with Crippen molar-refractivity contribution in [2.75, 3.05) is 0 Å². The molecule has 2 rings (SSSR count). The van der Waals surface area contributed by atoms with E-state index in [0.29, 0.717) is 13.0 Å². The van der Waals surface area contributed by atoms with Crippen LogP contribution in [0, 0.1) is 12.3 Å². The minimum atomic E-state index is 0.0187. The molecule has 0 saturated carbocycles. The Bertz CT molecular complexity index is 638. The monoisotopic (exact) mass is 299 g/mol. The second-order valence-electron chi connectivity index (χ2n) is 6.94. The first kappa shape index (κ1) is 16.3. The molecule has 0 aliphatic carbocycles. The number of carbonyl (C=O) groups is 1. The Morgan fingerprint density at radius 3 is 2.64 bits per heavy atom. The number of amides is 1. The molecule has 0 saturated heterocycles. The molecule has 1 heterocycles. The van der Waals surface area contributed by atoms with Crippen molar-refractivity contribution >= 4 is 5.91 Å². The van der Waals surface area contributed by atoms with E-state index in [0.717, 1.165) is 17.9 Å². The summed E-state index contributed by atoms with van der Waals surface area (Å²) in [5.41, 5.74) is 2.35. The van der Waals surface area contributed by atoms with Gasteiger partial charge in [0.25, 0.3) is 0 Å². The van der Waals surface area contributed by atoms with E-state index < -0.39 is 0 Å². The lowest BCUT2D eigenvalue weighted by atomic mass is 9.92. The third-order valence-electron chi connectivity index (χ3n) is 3.45. The average molecular weight is 299 g/mol. The smallest absolute Gasteiger partial charge is 0.220 e. The molecule has 1 aromatic heterocycles. The zero-order chi connectivity index (χ0) is 16.2. The van der Waals surface area contributed by atoms with Crippen molar-refractivity contribution in [2.24, 2.45) is 5.41 Å². The Labute approximate surface area is 132 Å². The first-order valence-corrected chi connectivity index (χ1v) is 7.66. The van der Waals surface area contributed by atoms with Crippen LogP contribution in [0.1, 0.15) is 44.1 Å². The van der Waals surface area contributed by atoms with Gasteiger partial charge in [-0.15, -0.1) is 0 Å². The molecule has 0 aliphatic heterocycles. The highest BCUT2D eigenvalue weighted by atomic mass is 16.1. The maximum atomic E-state index is 11.9. The summed E-state index contributed by atoms with van der Waals surface area (Å²) in [4.78, 5) is 16.1. The highest BCUT2D eigenvalue weighted by molar-refractivity contribution is 5.76. The van der Waals surface area contributed by atoms with Crippen LogP contribution in [-0.2, 0) is 17.9 Å². The summed E-state index contributed by atoms with van der Waals surface area (Å²) in [6, 6.07) is 8.31. The molecule has 0 aliphatic rings. The molecule has 0 fully saturated rings. The van der Waals surface area contributed by atoms with Gasteiger partial charge in [0.1, 0.15) is 5.82 Å². The minimum Gasteiger partial charge on any atom is -0.352 e. The Hall–Kier alpha value is -2.10. The van der Waals surface area contributed by atoms with Gasteiger partial charge in [-0.25, -0.2) is 4.98 Å². The third kappa shape index (κ3) is 5.02. The zero-order valence-electron chi connectivity index (χ0n) is 13.9. The van der Waals surface area contributed by atoms with Gasteiger partial charge in [0, 0.05) is 31.9 Å². The molecular weight excluding hydrogens is 274 g/mol. The predicted molar refractivity (Wildman–Crippen MR) is 88.4 cm³/mol. The fraction of sp³-hybridized carbons (Fsp3) is 0.444. The van der Waals surface area contributed by atoms with Crippen molar-refractivity contribution in [3.63, 3.8) is 0 Å². The van der Waals surface area contributed by atoms with Crippen LogP contribution in [-0.4, -0.2) is 15.5 Å². The molecule has 1 amide bonds. The second kappa shape index (κ2) is 6.77. The van der Waals surface area contributed by atoms with Crippen LogP contribution in [0.2, 0.25) is 0 Å². The summed E-state index contributed by atoms with van der Waals surface area (Å²) >= 11 is 0. The van der Waals surface area contributed by atoms with Crippen molar-refractivity contribution < 1.29 is 4.79 Å². The Morgan fingerprint density at radius 1 is 1.27 bits per heavy atom. The van der Waals surface area contributed by atoms with Crippen molar-refractivity contribution in [2.45, 2.75) is 47.2 Å². The molecule has 0 radical (unpaired) electrons. The summed E-state index contributed by atoms with van der Waals surface area (Å²) in [7, 11) is 0. The Morgan fingerprint density at radius 2 is 2.00 bits per heavy atom. The molecule has 118 valence electrons.